The fraction of sp³-hybridized carbons (Fsp3) is 0.200. The largest absolute Gasteiger partial charge is 0.388 e. The molecule has 5 rings (SSSR count). The van der Waals surface area contributed by atoms with Crippen LogP contribution in [0.15, 0.2) is 89.5 Å². The highest BCUT2D eigenvalue weighted by Gasteiger charge is 2.49. The van der Waals surface area contributed by atoms with E-state index in [9.17, 15) is 14.7 Å². The third-order valence-electron chi connectivity index (χ3n) is 6.30. The molecule has 156 valence electrons. The number of rotatable bonds is 4. The van der Waals surface area contributed by atoms with Crippen molar-refractivity contribution in [1.82, 2.24) is 14.9 Å². The van der Waals surface area contributed by atoms with E-state index in [0.717, 1.165) is 11.1 Å². The van der Waals surface area contributed by atoms with E-state index in [-0.39, 0.29) is 29.3 Å². The molecule has 4 atom stereocenters. The fourth-order valence-corrected chi connectivity index (χ4v) is 4.71. The summed E-state index contributed by atoms with van der Waals surface area (Å²) < 4.78 is 1.41. The van der Waals surface area contributed by atoms with E-state index in [1.165, 1.54) is 4.57 Å². The topological polar surface area (TPSA) is 87.1 Å². The van der Waals surface area contributed by atoms with Crippen molar-refractivity contribution in [2.45, 2.75) is 12.1 Å². The zero-order valence-electron chi connectivity index (χ0n) is 17.0. The molecular weight excluding hydrogens is 390 g/mol. The number of amides is 1. The van der Waals surface area contributed by atoms with Crippen molar-refractivity contribution in [2.75, 3.05) is 0 Å². The van der Waals surface area contributed by atoms with Gasteiger partial charge in [-0.05, 0) is 17.2 Å². The van der Waals surface area contributed by atoms with E-state index in [0.29, 0.717) is 16.5 Å². The lowest BCUT2D eigenvalue weighted by molar-refractivity contribution is 0.0366. The quantitative estimate of drug-likeness (QED) is 0.615. The average molecular weight is 413 g/mol. The monoisotopic (exact) mass is 413 g/mol. The van der Waals surface area contributed by atoms with Crippen LogP contribution in [0.5, 0.6) is 0 Å². The third kappa shape index (κ3) is 3.16. The van der Waals surface area contributed by atoms with Crippen molar-refractivity contribution in [3.05, 3.63) is 106 Å². The minimum absolute atomic E-state index is 0.0444. The Morgan fingerprint density at radius 1 is 1.16 bits per heavy atom. The van der Waals surface area contributed by atoms with Crippen LogP contribution in [0.4, 0.5) is 0 Å². The Morgan fingerprint density at radius 2 is 1.97 bits per heavy atom. The number of aromatic nitrogens is 2. The molecular formula is C25H23N3O3. The second-order valence-corrected chi connectivity index (χ2v) is 8.07. The van der Waals surface area contributed by atoms with Crippen molar-refractivity contribution in [3.63, 3.8) is 0 Å². The van der Waals surface area contributed by atoms with Gasteiger partial charge in [0.25, 0.3) is 11.5 Å². The van der Waals surface area contributed by atoms with Crippen molar-refractivity contribution in [3.8, 4) is 0 Å². The van der Waals surface area contributed by atoms with E-state index in [1.807, 2.05) is 54.6 Å². The summed E-state index contributed by atoms with van der Waals surface area (Å²) in [6, 6.07) is 10.9. The summed E-state index contributed by atoms with van der Waals surface area (Å²) in [6.45, 7) is 0. The van der Waals surface area contributed by atoms with Gasteiger partial charge in [-0.1, -0.05) is 60.7 Å². The maximum absolute atomic E-state index is 13.3. The summed E-state index contributed by atoms with van der Waals surface area (Å²) in [5.41, 5.74) is 2.54. The number of allylic oxidation sites excluding steroid dienone is 5. The number of aryl methyl sites for hydroxylation is 1. The Hall–Kier alpha value is -3.64. The van der Waals surface area contributed by atoms with E-state index >= 15 is 0 Å². The van der Waals surface area contributed by atoms with Crippen LogP contribution in [-0.2, 0) is 7.05 Å². The zero-order valence-corrected chi connectivity index (χ0v) is 17.0. The minimum atomic E-state index is -0.719. The molecule has 2 aliphatic rings. The summed E-state index contributed by atoms with van der Waals surface area (Å²) in [5.74, 6) is -0.419. The van der Waals surface area contributed by atoms with E-state index in [1.54, 1.807) is 25.5 Å². The number of carbonyl (C=O) groups excluding carboxylic acids is 1. The van der Waals surface area contributed by atoms with Crippen LogP contribution in [0.3, 0.4) is 0 Å². The molecule has 2 unspecified atom stereocenters. The second-order valence-electron chi connectivity index (χ2n) is 8.07. The van der Waals surface area contributed by atoms with Crippen LogP contribution in [0, 0.1) is 11.8 Å². The molecule has 0 saturated heterocycles. The smallest absolute Gasteiger partial charge is 0.274 e. The highest BCUT2D eigenvalue weighted by Crippen LogP contribution is 2.48. The van der Waals surface area contributed by atoms with E-state index in [2.05, 4.69) is 16.4 Å². The van der Waals surface area contributed by atoms with Crippen LogP contribution >= 0.6 is 0 Å². The first kappa shape index (κ1) is 19.3. The maximum Gasteiger partial charge on any atom is 0.274 e. The summed E-state index contributed by atoms with van der Waals surface area (Å²) in [4.78, 5) is 28.5. The van der Waals surface area contributed by atoms with E-state index < -0.39 is 6.10 Å². The molecule has 1 fully saturated rings. The van der Waals surface area contributed by atoms with Crippen LogP contribution in [0.1, 0.15) is 22.0 Å². The lowest BCUT2D eigenvalue weighted by atomic mass is 9.61. The number of aromatic amines is 1. The summed E-state index contributed by atoms with van der Waals surface area (Å²) in [5, 5.41) is 14.9. The number of pyridine rings is 1. The number of benzene rings is 1. The van der Waals surface area contributed by atoms with Gasteiger partial charge in [0.15, 0.2) is 0 Å². The molecule has 2 aromatic heterocycles. The number of hydrogen-bond donors (Lipinski definition) is 3. The molecule has 1 aromatic carbocycles. The molecule has 6 heteroatoms. The van der Waals surface area contributed by atoms with Gasteiger partial charge in [0.05, 0.1) is 17.7 Å². The standard InChI is InChI=1S/C25H23N3O3/c1-28-14-19(18-12-13-26-22(18)25(28)31)24(30)27-21-17-11-7-3-6-10-16(17)20(21)23(29)15-8-4-2-5-9-15/h2-14,16,20-21,23,26,29H,1H3,(H,27,30)/t16?,20?,21-,23+/m1/s1. The molecule has 0 bridgehead atoms. The number of carbonyl (C=O) groups is 1. The van der Waals surface area contributed by atoms with Crippen molar-refractivity contribution in [2.24, 2.45) is 18.9 Å². The number of nitrogens with one attached hydrogen (secondary N) is 2. The molecule has 0 aliphatic heterocycles. The van der Waals surface area contributed by atoms with Gasteiger partial charge < -0.3 is 20.0 Å². The summed E-state index contributed by atoms with van der Waals surface area (Å²) in [7, 11) is 1.63. The number of H-pyrrole nitrogens is 1. The second kappa shape index (κ2) is 7.56. The van der Waals surface area contributed by atoms with Crippen molar-refractivity contribution >= 4 is 16.8 Å². The maximum atomic E-state index is 13.3. The molecule has 0 spiro atoms. The van der Waals surface area contributed by atoms with Gasteiger partial charge in [-0.25, -0.2) is 0 Å². The molecule has 6 nitrogen and oxygen atoms in total. The van der Waals surface area contributed by atoms with Gasteiger partial charge >= 0.3 is 0 Å². The van der Waals surface area contributed by atoms with Gasteiger partial charge in [-0.3, -0.25) is 9.59 Å². The summed E-state index contributed by atoms with van der Waals surface area (Å²) >= 11 is 0. The van der Waals surface area contributed by atoms with Crippen LogP contribution in [0.25, 0.3) is 10.9 Å². The molecule has 1 saturated carbocycles. The predicted molar refractivity (Wildman–Crippen MR) is 120 cm³/mol. The van der Waals surface area contributed by atoms with Gasteiger partial charge in [-0.15, -0.1) is 0 Å². The number of hydrogen-bond acceptors (Lipinski definition) is 3. The molecule has 1 amide bonds. The minimum Gasteiger partial charge on any atom is -0.388 e. The lowest BCUT2D eigenvalue weighted by Gasteiger charge is -2.48. The van der Waals surface area contributed by atoms with Crippen LogP contribution in [-0.4, -0.2) is 26.6 Å². The fourth-order valence-electron chi connectivity index (χ4n) is 4.71. The normalized spacial score (nSPS) is 22.9. The Morgan fingerprint density at radius 3 is 2.77 bits per heavy atom. The molecule has 3 aromatic rings. The lowest BCUT2D eigenvalue weighted by Crippen LogP contribution is -2.56. The van der Waals surface area contributed by atoms with Crippen molar-refractivity contribution in [1.29, 1.82) is 0 Å². The number of nitrogens with zero attached hydrogens (tertiary/aromatic N) is 1. The Bertz CT molecular complexity index is 1300. The van der Waals surface area contributed by atoms with Gasteiger partial charge in [0, 0.05) is 36.7 Å². The van der Waals surface area contributed by atoms with E-state index in [4.69, 9.17) is 0 Å². The predicted octanol–water partition coefficient (Wildman–Crippen LogP) is 3.00. The van der Waals surface area contributed by atoms with Crippen LogP contribution < -0.4 is 10.9 Å². The zero-order chi connectivity index (χ0) is 21.5. The number of aliphatic hydroxyl groups excluding tert-OH is 1. The molecule has 3 N–H and O–H groups in total. The number of aliphatic hydroxyl groups is 1. The highest BCUT2D eigenvalue weighted by molar-refractivity contribution is 6.06. The SMILES string of the molecule is Cn1cc(C(=O)N[C@@H]2C3=CC=CC=CC3C2[C@@H](O)c2ccccc2)c2cc[nH]c2c1=O. The third-order valence-corrected chi connectivity index (χ3v) is 6.30. The van der Waals surface area contributed by atoms with Crippen LogP contribution in [0.2, 0.25) is 0 Å². The first-order chi connectivity index (χ1) is 15.1. The van der Waals surface area contributed by atoms with Crippen molar-refractivity contribution < 1.29 is 9.90 Å². The molecule has 31 heavy (non-hydrogen) atoms. The number of fused-ring (bicyclic) bond motifs is 2. The first-order valence-corrected chi connectivity index (χ1v) is 10.3. The first-order valence-electron chi connectivity index (χ1n) is 10.3. The Kier molecular flexibility index (Phi) is 4.71. The highest BCUT2D eigenvalue weighted by atomic mass is 16.3. The molecule has 2 heterocycles. The van der Waals surface area contributed by atoms with Gasteiger partial charge in [-0.2, -0.15) is 0 Å². The molecule has 0 radical (unpaired) electrons. The Balaban J connectivity index is 1.50. The Labute approximate surface area is 179 Å². The average Bonchev–Trinajstić information content (AvgIpc) is 3.18. The molecule has 2 aliphatic carbocycles. The van der Waals surface area contributed by atoms with Gasteiger partial charge in [0.1, 0.15) is 5.52 Å². The van der Waals surface area contributed by atoms with Gasteiger partial charge in [0.2, 0.25) is 0 Å². The summed E-state index contributed by atoms with van der Waals surface area (Å²) in [6.07, 6.45) is 12.5.